The molecular weight excluding hydrogens is 119 g/mol. The van der Waals surface area contributed by atoms with Gasteiger partial charge in [0, 0.05) is 0 Å². The molecule has 0 saturated carbocycles. The summed E-state index contributed by atoms with van der Waals surface area (Å²) in [5, 5.41) is 7.93. The number of aliphatic carboxylic acids is 1. The Morgan fingerprint density at radius 1 is 1.86 bits per heavy atom. The molecule has 0 aromatic heterocycles. The normalized spacial score (nSPS) is 25.4. The number of carboxylic acids is 1. The maximum Gasteiger partial charge on any atom is 0.335 e. The number of ether oxygens (including phenoxy) is 1. The molecule has 1 unspecified atom stereocenters. The van der Waals surface area contributed by atoms with Crippen LogP contribution in [0, 0.1) is 0 Å². The molecule has 0 amide bonds. The van der Waals surface area contributed by atoms with Crippen LogP contribution in [0.3, 0.4) is 0 Å². The zero-order valence-corrected chi connectivity index (χ0v) is 4.27. The van der Waals surface area contributed by atoms with Crippen LogP contribution in [-0.2, 0) is 9.53 Å². The van der Waals surface area contributed by atoms with Gasteiger partial charge in [-0.3, -0.25) is 0 Å². The van der Waals surface area contributed by atoms with E-state index >= 15 is 0 Å². The van der Waals surface area contributed by atoms with Crippen molar-refractivity contribution in [3.05, 3.63) is 0 Å². The lowest BCUT2D eigenvalue weighted by molar-refractivity contribution is -0.138. The van der Waals surface area contributed by atoms with Crippen molar-refractivity contribution in [3.63, 3.8) is 0 Å². The summed E-state index contributed by atoms with van der Waals surface area (Å²) in [5.74, 6) is -0.852. The summed E-state index contributed by atoms with van der Waals surface area (Å²) in [5.41, 5.74) is 0. The fraction of sp³-hybridized carbons (Fsp3) is 0.667. The molecule has 1 heterocycles. The summed E-state index contributed by atoms with van der Waals surface area (Å²) in [4.78, 5) is 9.64. The zero-order valence-electron chi connectivity index (χ0n) is 3.46. The van der Waals surface area contributed by atoms with Crippen LogP contribution in [0.4, 0.5) is 0 Å². The molecule has 1 fully saturated rings. The van der Waals surface area contributed by atoms with Gasteiger partial charge >= 0.3 is 5.97 Å². The Hall–Kier alpha value is -0.280. The van der Waals surface area contributed by atoms with Gasteiger partial charge in [0.1, 0.15) is 0 Å². The second-order valence-corrected chi connectivity index (χ2v) is 1.16. The molecule has 0 aromatic rings. The summed E-state index contributed by atoms with van der Waals surface area (Å²) in [7, 11) is 0. The van der Waals surface area contributed by atoms with Gasteiger partial charge in [-0.15, -0.1) is 12.4 Å². The molecular formula is C3H5ClO3. The molecule has 1 aliphatic heterocycles. The number of carboxylic acid groups (broad SMARTS) is 1. The first-order valence-corrected chi connectivity index (χ1v) is 1.65. The van der Waals surface area contributed by atoms with Gasteiger partial charge in [0.15, 0.2) is 6.10 Å². The topological polar surface area (TPSA) is 49.8 Å². The average Bonchev–Trinajstić information content (AvgIpc) is 2.06. The lowest BCUT2D eigenvalue weighted by Gasteiger charge is -1.72. The van der Waals surface area contributed by atoms with E-state index in [4.69, 9.17) is 5.11 Å². The van der Waals surface area contributed by atoms with Gasteiger partial charge in [-0.1, -0.05) is 0 Å². The quantitative estimate of drug-likeness (QED) is 0.497. The van der Waals surface area contributed by atoms with Gasteiger partial charge in [0.25, 0.3) is 0 Å². The lowest BCUT2D eigenvalue weighted by Crippen LogP contribution is -2.02. The number of rotatable bonds is 1. The smallest absolute Gasteiger partial charge is 0.335 e. The van der Waals surface area contributed by atoms with Crippen molar-refractivity contribution in [2.75, 3.05) is 6.61 Å². The molecule has 1 aliphatic rings. The van der Waals surface area contributed by atoms with E-state index in [1.165, 1.54) is 0 Å². The summed E-state index contributed by atoms with van der Waals surface area (Å²) in [6.45, 7) is 0.398. The van der Waals surface area contributed by atoms with E-state index in [0.29, 0.717) is 6.61 Å². The predicted octanol–water partition coefficient (Wildman–Crippen LogP) is -0.108. The molecule has 1 rings (SSSR count). The molecule has 0 radical (unpaired) electrons. The van der Waals surface area contributed by atoms with Crippen molar-refractivity contribution in [1.82, 2.24) is 0 Å². The third-order valence-electron chi connectivity index (χ3n) is 0.609. The van der Waals surface area contributed by atoms with Crippen LogP contribution in [0.1, 0.15) is 0 Å². The standard InChI is InChI=1S/C3H4O3.ClH/c4-3(5)2-1-6-2;/h2H,1H2,(H,4,5);1H. The van der Waals surface area contributed by atoms with Crippen molar-refractivity contribution in [3.8, 4) is 0 Å². The fourth-order valence-electron chi connectivity index (χ4n) is 0.191. The molecule has 1 atom stereocenters. The molecule has 3 nitrogen and oxygen atoms in total. The minimum atomic E-state index is -0.852. The molecule has 0 spiro atoms. The summed E-state index contributed by atoms with van der Waals surface area (Å²) < 4.78 is 4.37. The third-order valence-corrected chi connectivity index (χ3v) is 0.609. The van der Waals surface area contributed by atoms with E-state index in [9.17, 15) is 4.79 Å². The van der Waals surface area contributed by atoms with Crippen LogP contribution in [0.2, 0.25) is 0 Å². The van der Waals surface area contributed by atoms with Crippen molar-refractivity contribution >= 4 is 18.4 Å². The average molecular weight is 125 g/mol. The monoisotopic (exact) mass is 124 g/mol. The van der Waals surface area contributed by atoms with Gasteiger partial charge in [-0.2, -0.15) is 0 Å². The highest BCUT2D eigenvalue weighted by Crippen LogP contribution is 2.06. The molecule has 4 heteroatoms. The van der Waals surface area contributed by atoms with Crippen molar-refractivity contribution < 1.29 is 14.6 Å². The van der Waals surface area contributed by atoms with Gasteiger partial charge in [-0.05, 0) is 0 Å². The predicted molar refractivity (Wildman–Crippen MR) is 24.6 cm³/mol. The highest BCUT2D eigenvalue weighted by Gasteiger charge is 2.30. The maximum atomic E-state index is 9.64. The number of halogens is 1. The van der Waals surface area contributed by atoms with Gasteiger partial charge in [-0.25, -0.2) is 4.79 Å². The molecule has 1 N–H and O–H groups in total. The summed E-state index contributed by atoms with van der Waals surface area (Å²) >= 11 is 0. The fourth-order valence-corrected chi connectivity index (χ4v) is 0.191. The molecule has 1 saturated heterocycles. The highest BCUT2D eigenvalue weighted by molar-refractivity contribution is 5.85. The third kappa shape index (κ3) is 1.75. The first-order valence-electron chi connectivity index (χ1n) is 1.65. The Kier molecular flexibility index (Phi) is 2.05. The Bertz CT molecular complexity index is 78.2. The van der Waals surface area contributed by atoms with Crippen LogP contribution in [-0.4, -0.2) is 23.8 Å². The van der Waals surface area contributed by atoms with Crippen molar-refractivity contribution in [2.45, 2.75) is 6.10 Å². The zero-order chi connectivity index (χ0) is 4.57. The van der Waals surface area contributed by atoms with Gasteiger partial charge in [0.05, 0.1) is 6.61 Å². The van der Waals surface area contributed by atoms with Crippen LogP contribution in [0.25, 0.3) is 0 Å². The molecule has 0 aromatic carbocycles. The van der Waals surface area contributed by atoms with Crippen LogP contribution in [0.15, 0.2) is 0 Å². The highest BCUT2D eigenvalue weighted by atomic mass is 35.5. The van der Waals surface area contributed by atoms with E-state index in [0.717, 1.165) is 0 Å². The van der Waals surface area contributed by atoms with E-state index in [-0.39, 0.29) is 12.4 Å². The van der Waals surface area contributed by atoms with Crippen LogP contribution < -0.4 is 0 Å². The van der Waals surface area contributed by atoms with Gasteiger partial charge < -0.3 is 9.84 Å². The van der Waals surface area contributed by atoms with E-state index in [1.54, 1.807) is 0 Å². The Balaban J connectivity index is 0.000000360. The van der Waals surface area contributed by atoms with E-state index < -0.39 is 12.1 Å². The number of carbonyl (C=O) groups is 1. The molecule has 0 bridgehead atoms. The largest absolute Gasteiger partial charge is 0.479 e. The Morgan fingerprint density at radius 2 is 2.29 bits per heavy atom. The van der Waals surface area contributed by atoms with Crippen LogP contribution >= 0.6 is 12.4 Å². The summed E-state index contributed by atoms with van der Waals surface area (Å²) in [6, 6.07) is 0. The minimum Gasteiger partial charge on any atom is -0.479 e. The molecule has 0 aliphatic carbocycles. The minimum absolute atomic E-state index is 0. The summed E-state index contributed by atoms with van der Waals surface area (Å²) in [6.07, 6.45) is -0.481. The number of hydrogen-bond acceptors (Lipinski definition) is 2. The SMILES string of the molecule is Cl.O=C(O)C1CO1. The van der Waals surface area contributed by atoms with E-state index in [1.807, 2.05) is 0 Å². The Labute approximate surface area is 46.7 Å². The second kappa shape index (κ2) is 2.14. The first-order chi connectivity index (χ1) is 2.80. The first kappa shape index (κ1) is 6.72. The van der Waals surface area contributed by atoms with Crippen molar-refractivity contribution in [1.29, 1.82) is 0 Å². The van der Waals surface area contributed by atoms with Crippen molar-refractivity contribution in [2.24, 2.45) is 0 Å². The second-order valence-electron chi connectivity index (χ2n) is 1.16. The van der Waals surface area contributed by atoms with E-state index in [2.05, 4.69) is 4.74 Å². The lowest BCUT2D eigenvalue weighted by atomic mass is 10.5. The maximum absolute atomic E-state index is 9.64. The molecule has 42 valence electrons. The van der Waals surface area contributed by atoms with Gasteiger partial charge in [0.2, 0.25) is 0 Å². The number of epoxide rings is 1. The van der Waals surface area contributed by atoms with Crippen LogP contribution in [0.5, 0.6) is 0 Å². The Morgan fingerprint density at radius 3 is 2.29 bits per heavy atom. The number of hydrogen-bond donors (Lipinski definition) is 1. The molecule has 7 heavy (non-hydrogen) atoms.